The van der Waals surface area contributed by atoms with Gasteiger partial charge in [-0.05, 0) is 37.5 Å². The average molecular weight is 262 g/mol. The zero-order valence-electron chi connectivity index (χ0n) is 11.4. The average Bonchev–Trinajstić information content (AvgIpc) is 2.64. The molecule has 2 rings (SSSR count). The van der Waals surface area contributed by atoms with E-state index in [1.54, 1.807) is 18.2 Å². The third-order valence-corrected chi connectivity index (χ3v) is 3.94. The fourth-order valence-electron chi connectivity index (χ4n) is 2.84. The minimum Gasteiger partial charge on any atom is -0.478 e. The van der Waals surface area contributed by atoms with Crippen LogP contribution in [-0.2, 0) is 0 Å². The zero-order chi connectivity index (χ0) is 13.8. The van der Waals surface area contributed by atoms with Gasteiger partial charge in [-0.1, -0.05) is 19.8 Å². The Balaban J connectivity index is 2.36. The quantitative estimate of drug-likeness (QED) is 0.821. The number of benzene rings is 1. The van der Waals surface area contributed by atoms with Crippen LogP contribution in [0.25, 0.3) is 0 Å². The van der Waals surface area contributed by atoms with Crippen molar-refractivity contribution in [1.82, 2.24) is 0 Å². The Morgan fingerprint density at radius 2 is 2.21 bits per heavy atom. The van der Waals surface area contributed by atoms with E-state index in [0.29, 0.717) is 17.3 Å². The lowest BCUT2D eigenvalue weighted by atomic mass is 10.1. The lowest BCUT2D eigenvalue weighted by Crippen LogP contribution is -2.35. The summed E-state index contributed by atoms with van der Waals surface area (Å²) in [6.07, 6.45) is 5.86. The SMILES string of the molecule is CCC1CCCCCN1c1cc(C(=O)O)ccc1N. The van der Waals surface area contributed by atoms with Gasteiger partial charge in [-0.25, -0.2) is 4.79 Å². The number of nitrogen functional groups attached to an aromatic ring is 1. The van der Waals surface area contributed by atoms with Gasteiger partial charge in [0.2, 0.25) is 0 Å². The van der Waals surface area contributed by atoms with Gasteiger partial charge in [0.05, 0.1) is 16.9 Å². The molecule has 0 radical (unpaired) electrons. The van der Waals surface area contributed by atoms with Crippen LogP contribution in [0.2, 0.25) is 0 Å². The van der Waals surface area contributed by atoms with Crippen molar-refractivity contribution < 1.29 is 9.90 Å². The molecule has 0 aromatic heterocycles. The van der Waals surface area contributed by atoms with Crippen LogP contribution in [0.15, 0.2) is 18.2 Å². The molecule has 1 atom stereocenters. The van der Waals surface area contributed by atoms with Crippen molar-refractivity contribution in [3.05, 3.63) is 23.8 Å². The Labute approximate surface area is 114 Å². The lowest BCUT2D eigenvalue weighted by Gasteiger charge is -2.32. The molecule has 1 saturated heterocycles. The van der Waals surface area contributed by atoms with Crippen LogP contribution in [0, 0.1) is 0 Å². The first kappa shape index (κ1) is 13.7. The molecule has 19 heavy (non-hydrogen) atoms. The maximum absolute atomic E-state index is 11.1. The van der Waals surface area contributed by atoms with Crippen LogP contribution in [0.3, 0.4) is 0 Å². The molecule has 1 unspecified atom stereocenters. The predicted molar refractivity (Wildman–Crippen MR) is 77.7 cm³/mol. The maximum atomic E-state index is 11.1. The number of carboxylic acids is 1. The Bertz CT molecular complexity index is 459. The smallest absolute Gasteiger partial charge is 0.335 e. The minimum absolute atomic E-state index is 0.309. The molecular weight excluding hydrogens is 240 g/mol. The summed E-state index contributed by atoms with van der Waals surface area (Å²) in [5.74, 6) is -0.899. The van der Waals surface area contributed by atoms with E-state index in [2.05, 4.69) is 11.8 Å². The summed E-state index contributed by atoms with van der Waals surface area (Å²) in [6.45, 7) is 3.14. The number of carboxylic acid groups (broad SMARTS) is 1. The van der Waals surface area contributed by atoms with Gasteiger partial charge in [-0.15, -0.1) is 0 Å². The van der Waals surface area contributed by atoms with E-state index in [1.807, 2.05) is 0 Å². The van der Waals surface area contributed by atoms with Gasteiger partial charge >= 0.3 is 5.97 Å². The monoisotopic (exact) mass is 262 g/mol. The van der Waals surface area contributed by atoms with Crippen molar-refractivity contribution in [2.24, 2.45) is 0 Å². The first-order valence-electron chi connectivity index (χ1n) is 7.03. The molecule has 0 aliphatic carbocycles. The summed E-state index contributed by atoms with van der Waals surface area (Å²) >= 11 is 0. The van der Waals surface area contributed by atoms with Gasteiger partial charge in [0.15, 0.2) is 0 Å². The number of anilines is 2. The molecule has 0 bridgehead atoms. The van der Waals surface area contributed by atoms with E-state index < -0.39 is 5.97 Å². The van der Waals surface area contributed by atoms with Crippen molar-refractivity contribution in [1.29, 1.82) is 0 Å². The third-order valence-electron chi connectivity index (χ3n) is 3.94. The molecule has 0 saturated carbocycles. The van der Waals surface area contributed by atoms with Crippen molar-refractivity contribution >= 4 is 17.3 Å². The van der Waals surface area contributed by atoms with Crippen LogP contribution in [-0.4, -0.2) is 23.7 Å². The molecule has 0 amide bonds. The fourth-order valence-corrected chi connectivity index (χ4v) is 2.84. The Hall–Kier alpha value is -1.71. The van der Waals surface area contributed by atoms with Crippen LogP contribution >= 0.6 is 0 Å². The second kappa shape index (κ2) is 5.95. The predicted octanol–water partition coefficient (Wildman–Crippen LogP) is 3.13. The number of rotatable bonds is 3. The van der Waals surface area contributed by atoms with Crippen LogP contribution < -0.4 is 10.6 Å². The molecule has 1 heterocycles. The van der Waals surface area contributed by atoms with E-state index in [1.165, 1.54) is 12.8 Å². The number of nitrogens with zero attached hydrogens (tertiary/aromatic N) is 1. The van der Waals surface area contributed by atoms with Gasteiger partial charge in [-0.2, -0.15) is 0 Å². The highest BCUT2D eigenvalue weighted by atomic mass is 16.4. The molecule has 1 aromatic rings. The summed E-state index contributed by atoms with van der Waals surface area (Å²) < 4.78 is 0. The second-order valence-electron chi connectivity index (χ2n) is 5.18. The van der Waals surface area contributed by atoms with E-state index in [4.69, 9.17) is 10.8 Å². The minimum atomic E-state index is -0.899. The highest BCUT2D eigenvalue weighted by Gasteiger charge is 2.22. The van der Waals surface area contributed by atoms with Gasteiger partial charge < -0.3 is 15.7 Å². The van der Waals surface area contributed by atoms with Crippen LogP contribution in [0.4, 0.5) is 11.4 Å². The van der Waals surface area contributed by atoms with E-state index in [0.717, 1.165) is 31.5 Å². The topological polar surface area (TPSA) is 66.6 Å². The molecule has 1 fully saturated rings. The molecule has 104 valence electrons. The highest BCUT2D eigenvalue weighted by molar-refractivity contribution is 5.90. The van der Waals surface area contributed by atoms with Crippen molar-refractivity contribution in [3.8, 4) is 0 Å². The zero-order valence-corrected chi connectivity index (χ0v) is 11.4. The van der Waals surface area contributed by atoms with Crippen molar-refractivity contribution in [3.63, 3.8) is 0 Å². The number of aromatic carboxylic acids is 1. The standard InChI is InChI=1S/C15H22N2O2/c1-2-12-6-4-3-5-9-17(12)14-10-11(15(18)19)7-8-13(14)16/h7-8,10,12H,2-6,9,16H2,1H3,(H,18,19). The molecule has 4 heteroatoms. The summed E-state index contributed by atoms with van der Waals surface area (Å²) in [7, 11) is 0. The van der Waals surface area contributed by atoms with Gasteiger partial charge in [0.1, 0.15) is 0 Å². The van der Waals surface area contributed by atoms with Crippen molar-refractivity contribution in [2.75, 3.05) is 17.2 Å². The molecule has 1 aliphatic heterocycles. The van der Waals surface area contributed by atoms with E-state index in [9.17, 15) is 4.79 Å². The molecular formula is C15H22N2O2. The van der Waals surface area contributed by atoms with Crippen LogP contribution in [0.1, 0.15) is 49.4 Å². The fraction of sp³-hybridized carbons (Fsp3) is 0.533. The number of hydrogen-bond donors (Lipinski definition) is 2. The largest absolute Gasteiger partial charge is 0.478 e. The maximum Gasteiger partial charge on any atom is 0.335 e. The molecule has 0 spiro atoms. The highest BCUT2D eigenvalue weighted by Crippen LogP contribution is 2.31. The third kappa shape index (κ3) is 3.00. The normalized spacial score (nSPS) is 20.1. The summed E-state index contributed by atoms with van der Waals surface area (Å²) in [4.78, 5) is 13.4. The molecule has 3 N–H and O–H groups in total. The summed E-state index contributed by atoms with van der Waals surface area (Å²) in [5, 5.41) is 9.12. The Morgan fingerprint density at radius 1 is 1.42 bits per heavy atom. The lowest BCUT2D eigenvalue weighted by molar-refractivity contribution is 0.0697. The van der Waals surface area contributed by atoms with Gasteiger partial charge in [0.25, 0.3) is 0 Å². The van der Waals surface area contributed by atoms with E-state index in [-0.39, 0.29) is 0 Å². The number of carbonyl (C=O) groups is 1. The number of nitrogens with two attached hydrogens (primary N) is 1. The first-order valence-corrected chi connectivity index (χ1v) is 7.03. The Morgan fingerprint density at radius 3 is 2.89 bits per heavy atom. The molecule has 4 nitrogen and oxygen atoms in total. The number of hydrogen-bond acceptors (Lipinski definition) is 3. The second-order valence-corrected chi connectivity index (χ2v) is 5.18. The summed E-state index contributed by atoms with van der Waals surface area (Å²) in [5.41, 5.74) is 7.92. The van der Waals surface area contributed by atoms with Gasteiger partial charge in [0, 0.05) is 12.6 Å². The van der Waals surface area contributed by atoms with Gasteiger partial charge in [-0.3, -0.25) is 0 Å². The van der Waals surface area contributed by atoms with Crippen molar-refractivity contribution in [2.45, 2.75) is 45.1 Å². The summed E-state index contributed by atoms with van der Waals surface area (Å²) in [6, 6.07) is 5.45. The first-order chi connectivity index (χ1) is 9.13. The molecule has 1 aliphatic rings. The molecule has 1 aromatic carbocycles. The van der Waals surface area contributed by atoms with E-state index >= 15 is 0 Å². The Kier molecular flexibility index (Phi) is 4.30. The van der Waals surface area contributed by atoms with Crippen LogP contribution in [0.5, 0.6) is 0 Å².